The van der Waals surface area contributed by atoms with Gasteiger partial charge in [-0.2, -0.15) is 10.5 Å². The summed E-state index contributed by atoms with van der Waals surface area (Å²) in [6, 6.07) is 31.9. The Bertz CT molecular complexity index is 1860. The van der Waals surface area contributed by atoms with Crippen LogP contribution in [0.4, 0.5) is 11.9 Å². The van der Waals surface area contributed by atoms with Crippen molar-refractivity contribution < 1.29 is 9.47 Å². The molecule has 4 heterocycles. The van der Waals surface area contributed by atoms with E-state index < -0.39 is 0 Å². The molecule has 0 radical (unpaired) electrons. The maximum atomic E-state index is 10.3. The van der Waals surface area contributed by atoms with Crippen LogP contribution in [0.15, 0.2) is 84.9 Å². The Hall–Kier alpha value is -6.08. The molecule has 0 atom stereocenters. The number of rotatable bonds is 8. The van der Waals surface area contributed by atoms with Gasteiger partial charge in [0, 0.05) is 26.2 Å². The highest BCUT2D eigenvalue weighted by Crippen LogP contribution is 2.28. The SMILES string of the molecule is N#C/C(=C/c1ccc(/C=C(\C#N)c2nnc(N3CCOCC3)n2-c2ccccc2)cc1)c1nnc(N2CCOCC2)n1-c1ccccc1. The molecule has 0 amide bonds. The predicted molar refractivity (Wildman–Crippen MR) is 182 cm³/mol. The van der Waals surface area contributed by atoms with Gasteiger partial charge in [0.25, 0.3) is 0 Å². The first-order valence-corrected chi connectivity index (χ1v) is 15.7. The van der Waals surface area contributed by atoms with E-state index in [9.17, 15) is 10.5 Å². The molecule has 2 fully saturated rings. The fourth-order valence-corrected chi connectivity index (χ4v) is 5.78. The molecular weight excluding hydrogens is 604 g/mol. The van der Waals surface area contributed by atoms with Crippen LogP contribution in [0.2, 0.25) is 0 Å². The summed E-state index contributed by atoms with van der Waals surface area (Å²) in [5.41, 5.74) is 4.09. The van der Waals surface area contributed by atoms with Gasteiger partial charge in [0.2, 0.25) is 11.9 Å². The van der Waals surface area contributed by atoms with Crippen molar-refractivity contribution in [1.29, 1.82) is 10.5 Å². The molecule has 0 N–H and O–H groups in total. The third kappa shape index (κ3) is 6.31. The molecule has 238 valence electrons. The van der Waals surface area contributed by atoms with E-state index in [0.29, 0.717) is 87.3 Å². The van der Waals surface area contributed by atoms with Gasteiger partial charge in [-0.25, -0.2) is 0 Å². The first kappa shape index (κ1) is 30.6. The Morgan fingerprint density at radius 2 is 0.917 bits per heavy atom. The minimum absolute atomic E-state index is 0.374. The molecule has 5 aromatic rings. The van der Waals surface area contributed by atoms with Crippen molar-refractivity contribution >= 4 is 35.2 Å². The van der Waals surface area contributed by atoms with E-state index in [1.165, 1.54) is 0 Å². The summed E-state index contributed by atoms with van der Waals surface area (Å²) in [5, 5.41) is 38.5. The highest BCUT2D eigenvalue weighted by Gasteiger charge is 2.25. The zero-order valence-electron chi connectivity index (χ0n) is 26.2. The second-order valence-electron chi connectivity index (χ2n) is 11.2. The van der Waals surface area contributed by atoms with Crippen LogP contribution < -0.4 is 9.80 Å². The minimum Gasteiger partial charge on any atom is -0.378 e. The number of para-hydroxylation sites is 2. The zero-order valence-corrected chi connectivity index (χ0v) is 26.2. The minimum atomic E-state index is 0.374. The van der Waals surface area contributed by atoms with E-state index in [-0.39, 0.29) is 0 Å². The molecule has 0 bridgehead atoms. The monoisotopic (exact) mass is 636 g/mol. The summed E-state index contributed by atoms with van der Waals surface area (Å²) in [6.45, 7) is 5.16. The smallest absolute Gasteiger partial charge is 0.232 e. The molecule has 7 rings (SSSR count). The third-order valence-electron chi connectivity index (χ3n) is 8.19. The topological polar surface area (TPSA) is 134 Å². The van der Waals surface area contributed by atoms with Crippen molar-refractivity contribution in [2.24, 2.45) is 0 Å². The first-order valence-electron chi connectivity index (χ1n) is 15.7. The van der Waals surface area contributed by atoms with Crippen molar-refractivity contribution in [3.05, 3.63) is 108 Å². The van der Waals surface area contributed by atoms with Gasteiger partial charge in [-0.1, -0.05) is 60.7 Å². The van der Waals surface area contributed by atoms with Crippen molar-refractivity contribution in [3.63, 3.8) is 0 Å². The summed E-state index contributed by atoms with van der Waals surface area (Å²) in [4.78, 5) is 4.25. The number of hydrogen-bond donors (Lipinski definition) is 0. The number of hydrogen-bond acceptors (Lipinski definition) is 10. The van der Waals surface area contributed by atoms with Crippen LogP contribution in [0.5, 0.6) is 0 Å². The molecule has 0 saturated carbocycles. The highest BCUT2D eigenvalue weighted by atomic mass is 16.5. The Labute approximate surface area is 278 Å². The fourth-order valence-electron chi connectivity index (χ4n) is 5.78. The van der Waals surface area contributed by atoms with Crippen LogP contribution in [-0.2, 0) is 9.47 Å². The summed E-state index contributed by atoms with van der Waals surface area (Å²) in [6.07, 6.45) is 3.60. The quantitative estimate of drug-likeness (QED) is 0.222. The van der Waals surface area contributed by atoms with E-state index >= 15 is 0 Å². The number of anilines is 2. The van der Waals surface area contributed by atoms with Crippen molar-refractivity contribution in [1.82, 2.24) is 29.5 Å². The van der Waals surface area contributed by atoms with Crippen molar-refractivity contribution in [2.45, 2.75) is 0 Å². The Balaban J connectivity index is 1.21. The van der Waals surface area contributed by atoms with Gasteiger partial charge in [-0.15, -0.1) is 20.4 Å². The lowest BCUT2D eigenvalue weighted by molar-refractivity contribution is 0.121. The van der Waals surface area contributed by atoms with E-state index in [1.807, 2.05) is 94.1 Å². The summed E-state index contributed by atoms with van der Waals surface area (Å²) < 4.78 is 14.9. The molecule has 0 spiro atoms. The molecule has 0 unspecified atom stereocenters. The lowest BCUT2D eigenvalue weighted by atomic mass is 10.1. The molecule has 12 nitrogen and oxygen atoms in total. The largest absolute Gasteiger partial charge is 0.378 e. The summed E-state index contributed by atoms with van der Waals surface area (Å²) in [7, 11) is 0. The van der Waals surface area contributed by atoms with Gasteiger partial charge >= 0.3 is 0 Å². The molecule has 2 aliphatic rings. The maximum absolute atomic E-state index is 10.3. The molecule has 3 aromatic carbocycles. The van der Waals surface area contributed by atoms with Gasteiger partial charge < -0.3 is 19.3 Å². The van der Waals surface area contributed by atoms with E-state index in [0.717, 1.165) is 22.5 Å². The third-order valence-corrected chi connectivity index (χ3v) is 8.19. The molecule has 0 aliphatic carbocycles. The molecule has 2 aliphatic heterocycles. The van der Waals surface area contributed by atoms with Crippen molar-refractivity contribution in [2.75, 3.05) is 62.4 Å². The number of morpholine rings is 2. The number of ether oxygens (including phenoxy) is 2. The molecule has 12 heteroatoms. The Morgan fingerprint density at radius 3 is 1.27 bits per heavy atom. The van der Waals surface area contributed by atoms with Crippen LogP contribution in [0, 0.1) is 22.7 Å². The average molecular weight is 637 g/mol. The zero-order chi connectivity index (χ0) is 32.7. The van der Waals surface area contributed by atoms with Crippen LogP contribution >= 0.6 is 0 Å². The lowest BCUT2D eigenvalue weighted by Crippen LogP contribution is -2.38. The number of nitriles is 2. The standard InChI is InChI=1S/C36H32N10O2/c37-25-29(33-39-41-35(43-15-19-47-20-16-43)45(33)31-7-3-1-4-8-31)23-27-11-13-28(14-12-27)24-30(26-38)34-40-42-36(44-17-21-48-22-18-44)46(34)32-9-5-2-6-10-32/h1-14,23-24H,15-22H2/b29-23-,30-24+. The Morgan fingerprint density at radius 1 is 0.542 bits per heavy atom. The van der Waals surface area contributed by atoms with Gasteiger partial charge in [-0.05, 0) is 47.5 Å². The van der Waals surface area contributed by atoms with Gasteiger partial charge in [0.05, 0.1) is 48.9 Å². The van der Waals surface area contributed by atoms with E-state index in [2.05, 4.69) is 42.3 Å². The van der Waals surface area contributed by atoms with E-state index in [4.69, 9.17) is 9.47 Å². The number of aromatic nitrogens is 6. The van der Waals surface area contributed by atoms with Gasteiger partial charge in [0.15, 0.2) is 11.6 Å². The van der Waals surface area contributed by atoms with Crippen LogP contribution in [0.1, 0.15) is 22.8 Å². The van der Waals surface area contributed by atoms with Crippen LogP contribution in [0.3, 0.4) is 0 Å². The maximum Gasteiger partial charge on any atom is 0.232 e. The molecule has 2 aromatic heterocycles. The summed E-state index contributed by atoms with van der Waals surface area (Å²) >= 11 is 0. The average Bonchev–Trinajstić information content (AvgIpc) is 3.81. The van der Waals surface area contributed by atoms with Crippen molar-refractivity contribution in [3.8, 4) is 23.5 Å². The Kier molecular flexibility index (Phi) is 9.00. The molecular formula is C36H32N10O2. The van der Waals surface area contributed by atoms with Gasteiger partial charge in [-0.3, -0.25) is 9.13 Å². The van der Waals surface area contributed by atoms with Crippen LogP contribution in [-0.4, -0.2) is 82.1 Å². The second-order valence-corrected chi connectivity index (χ2v) is 11.2. The normalized spacial score (nSPS) is 15.6. The lowest BCUT2D eigenvalue weighted by Gasteiger charge is -2.28. The fraction of sp³-hybridized carbons (Fsp3) is 0.222. The second kappa shape index (κ2) is 14.1. The number of allylic oxidation sites excluding steroid dienone is 2. The molecule has 2 saturated heterocycles. The number of benzene rings is 3. The van der Waals surface area contributed by atoms with Gasteiger partial charge in [0.1, 0.15) is 12.1 Å². The molecule has 48 heavy (non-hydrogen) atoms. The van der Waals surface area contributed by atoms with Crippen LogP contribution in [0.25, 0.3) is 34.7 Å². The first-order chi connectivity index (χ1) is 23.7. The predicted octanol–water partition coefficient (Wildman–Crippen LogP) is 4.65. The number of nitrogens with zero attached hydrogens (tertiary/aromatic N) is 10. The van der Waals surface area contributed by atoms with E-state index in [1.54, 1.807) is 12.2 Å². The summed E-state index contributed by atoms with van der Waals surface area (Å²) in [5.74, 6) is 2.25. The highest BCUT2D eigenvalue weighted by molar-refractivity contribution is 5.90.